The number of amides is 1. The Balaban J connectivity index is 1.71. The maximum absolute atomic E-state index is 13.9. The van der Waals surface area contributed by atoms with Crippen molar-refractivity contribution in [1.29, 1.82) is 0 Å². The predicted molar refractivity (Wildman–Crippen MR) is 78.5 cm³/mol. The number of carbonyl (C=O) groups excluding carboxylic acids is 1. The molecule has 1 aliphatic carbocycles. The number of phenols is 1. The van der Waals surface area contributed by atoms with Crippen LogP contribution in [0, 0.1) is 23.5 Å². The van der Waals surface area contributed by atoms with Crippen LogP contribution in [-0.4, -0.2) is 22.5 Å². The van der Waals surface area contributed by atoms with E-state index in [-0.39, 0.29) is 12.1 Å². The van der Waals surface area contributed by atoms with Crippen molar-refractivity contribution in [3.8, 4) is 5.75 Å². The number of hydrogen-bond donors (Lipinski definition) is 1. The lowest BCUT2D eigenvalue weighted by Crippen LogP contribution is -2.32. The molecule has 1 N–H and O–H groups in total. The van der Waals surface area contributed by atoms with Gasteiger partial charge in [-0.05, 0) is 36.3 Å². The van der Waals surface area contributed by atoms with E-state index < -0.39 is 23.3 Å². The molecule has 1 amide bonds. The molecule has 2 aliphatic rings. The summed E-state index contributed by atoms with van der Waals surface area (Å²) >= 11 is 0. The summed E-state index contributed by atoms with van der Waals surface area (Å²) in [5.74, 6) is -2.40. The van der Waals surface area contributed by atoms with Crippen LogP contribution in [0.1, 0.15) is 54.9 Å². The first-order valence-electron chi connectivity index (χ1n) is 8.00. The van der Waals surface area contributed by atoms with Crippen LogP contribution in [0.15, 0.2) is 6.07 Å². The smallest absolute Gasteiger partial charge is 0.257 e. The number of benzene rings is 1. The zero-order valence-electron chi connectivity index (χ0n) is 12.7. The first-order valence-corrected chi connectivity index (χ1v) is 8.00. The van der Waals surface area contributed by atoms with Gasteiger partial charge in [-0.15, -0.1) is 0 Å². The standard InChI is InChI=1S/C17H21F2NO2/c1-2-10-3-5-11(6-4-10)8-20-9-12-7-13(18)16(21)15(19)14(12)17(20)22/h7,10-11,21H,2-6,8-9H2,1H3/t10-,11-. The topological polar surface area (TPSA) is 40.5 Å². The molecule has 0 spiro atoms. The van der Waals surface area contributed by atoms with Crippen LogP contribution in [0.25, 0.3) is 0 Å². The van der Waals surface area contributed by atoms with Gasteiger partial charge in [0.15, 0.2) is 17.4 Å². The van der Waals surface area contributed by atoms with E-state index in [2.05, 4.69) is 6.92 Å². The third kappa shape index (κ3) is 2.57. The second-order valence-corrected chi connectivity index (χ2v) is 6.54. The maximum Gasteiger partial charge on any atom is 0.257 e. The van der Waals surface area contributed by atoms with Crippen LogP contribution in [0.2, 0.25) is 0 Å². The van der Waals surface area contributed by atoms with Crippen molar-refractivity contribution in [2.45, 2.75) is 45.6 Å². The predicted octanol–water partition coefficient (Wildman–Crippen LogP) is 3.84. The van der Waals surface area contributed by atoms with Gasteiger partial charge in [0.1, 0.15) is 0 Å². The molecule has 0 saturated heterocycles. The van der Waals surface area contributed by atoms with Gasteiger partial charge in [-0.1, -0.05) is 26.2 Å². The van der Waals surface area contributed by atoms with E-state index in [4.69, 9.17) is 0 Å². The van der Waals surface area contributed by atoms with Gasteiger partial charge in [0, 0.05) is 13.1 Å². The summed E-state index contributed by atoms with van der Waals surface area (Å²) in [5, 5.41) is 9.33. The average Bonchev–Trinajstić information content (AvgIpc) is 2.82. The van der Waals surface area contributed by atoms with Crippen molar-refractivity contribution >= 4 is 5.91 Å². The largest absolute Gasteiger partial charge is 0.503 e. The van der Waals surface area contributed by atoms with Crippen LogP contribution >= 0.6 is 0 Å². The zero-order chi connectivity index (χ0) is 15.9. The van der Waals surface area contributed by atoms with Gasteiger partial charge >= 0.3 is 0 Å². The van der Waals surface area contributed by atoms with Crippen molar-refractivity contribution in [2.75, 3.05) is 6.54 Å². The molecule has 1 aromatic rings. The summed E-state index contributed by atoms with van der Waals surface area (Å²) in [6.45, 7) is 3.02. The van der Waals surface area contributed by atoms with Crippen molar-refractivity contribution < 1.29 is 18.7 Å². The molecule has 0 unspecified atom stereocenters. The van der Waals surface area contributed by atoms with Gasteiger partial charge in [0.05, 0.1) is 5.56 Å². The lowest BCUT2D eigenvalue weighted by atomic mass is 9.80. The minimum absolute atomic E-state index is 0.166. The molecule has 0 radical (unpaired) electrons. The molecule has 120 valence electrons. The van der Waals surface area contributed by atoms with E-state index >= 15 is 0 Å². The zero-order valence-corrected chi connectivity index (χ0v) is 12.7. The van der Waals surface area contributed by atoms with Gasteiger partial charge in [-0.25, -0.2) is 8.78 Å². The molecule has 1 aromatic carbocycles. The Morgan fingerprint density at radius 1 is 1.23 bits per heavy atom. The number of fused-ring (bicyclic) bond motifs is 1. The summed E-state index contributed by atoms with van der Waals surface area (Å²) in [5.41, 5.74) is 0.168. The fourth-order valence-corrected chi connectivity index (χ4v) is 3.73. The lowest BCUT2D eigenvalue weighted by Gasteiger charge is -2.30. The Kier molecular flexibility index (Phi) is 4.06. The van der Waals surface area contributed by atoms with Gasteiger partial charge < -0.3 is 10.0 Å². The minimum Gasteiger partial charge on any atom is -0.503 e. The summed E-state index contributed by atoms with van der Waals surface area (Å²) in [7, 11) is 0. The third-order valence-electron chi connectivity index (χ3n) is 5.16. The number of hydrogen-bond acceptors (Lipinski definition) is 2. The Labute approximate surface area is 128 Å². The fourth-order valence-electron chi connectivity index (χ4n) is 3.73. The molecule has 3 rings (SSSR count). The summed E-state index contributed by atoms with van der Waals surface area (Å²) in [6.07, 6.45) is 5.73. The van der Waals surface area contributed by atoms with Crippen LogP contribution in [0.4, 0.5) is 8.78 Å². The molecule has 0 atom stereocenters. The highest BCUT2D eigenvalue weighted by atomic mass is 19.1. The summed E-state index contributed by atoms with van der Waals surface area (Å²) in [4.78, 5) is 13.9. The number of nitrogens with zero attached hydrogens (tertiary/aromatic N) is 1. The quantitative estimate of drug-likeness (QED) is 0.921. The second-order valence-electron chi connectivity index (χ2n) is 6.54. The number of phenolic OH excluding ortho intramolecular Hbond substituents is 1. The number of rotatable bonds is 3. The molecule has 1 heterocycles. The monoisotopic (exact) mass is 309 g/mol. The maximum atomic E-state index is 13.9. The van der Waals surface area contributed by atoms with E-state index in [1.54, 1.807) is 4.90 Å². The molecule has 5 heteroatoms. The highest BCUT2D eigenvalue weighted by Gasteiger charge is 2.35. The fraction of sp³-hybridized carbons (Fsp3) is 0.588. The lowest BCUT2D eigenvalue weighted by molar-refractivity contribution is 0.0725. The normalized spacial score (nSPS) is 24.7. The van der Waals surface area contributed by atoms with Crippen LogP contribution in [0.5, 0.6) is 5.75 Å². The van der Waals surface area contributed by atoms with Crippen molar-refractivity contribution in [3.63, 3.8) is 0 Å². The second kappa shape index (κ2) is 5.86. The van der Waals surface area contributed by atoms with Crippen molar-refractivity contribution in [3.05, 3.63) is 28.8 Å². The SMILES string of the molecule is CC[C@H]1CC[C@H](CN2Cc3cc(F)c(O)c(F)c3C2=O)CC1. The summed E-state index contributed by atoms with van der Waals surface area (Å²) in [6, 6.07) is 1.07. The Morgan fingerprint density at radius 2 is 1.86 bits per heavy atom. The van der Waals surface area contributed by atoms with Gasteiger partial charge in [-0.3, -0.25) is 4.79 Å². The van der Waals surface area contributed by atoms with Crippen molar-refractivity contribution in [1.82, 2.24) is 4.90 Å². The number of halogens is 2. The molecule has 1 saturated carbocycles. The third-order valence-corrected chi connectivity index (χ3v) is 5.16. The van der Waals surface area contributed by atoms with E-state index in [0.717, 1.165) is 24.8 Å². The highest BCUT2D eigenvalue weighted by molar-refractivity contribution is 5.99. The molecular formula is C17H21F2NO2. The van der Waals surface area contributed by atoms with Gasteiger partial charge in [-0.2, -0.15) is 0 Å². The highest BCUT2D eigenvalue weighted by Crippen LogP contribution is 2.35. The summed E-state index contributed by atoms with van der Waals surface area (Å²) < 4.78 is 27.3. The minimum atomic E-state index is -1.13. The molecule has 0 aromatic heterocycles. The molecular weight excluding hydrogens is 288 g/mol. The van der Waals surface area contributed by atoms with E-state index in [1.807, 2.05) is 0 Å². The molecule has 1 aliphatic heterocycles. The van der Waals surface area contributed by atoms with E-state index in [9.17, 15) is 18.7 Å². The van der Waals surface area contributed by atoms with Gasteiger partial charge in [0.2, 0.25) is 0 Å². The number of carbonyl (C=O) groups is 1. The van der Waals surface area contributed by atoms with E-state index in [1.165, 1.54) is 19.3 Å². The first kappa shape index (κ1) is 15.3. The van der Waals surface area contributed by atoms with Crippen LogP contribution < -0.4 is 0 Å². The Hall–Kier alpha value is -1.65. The molecule has 3 nitrogen and oxygen atoms in total. The van der Waals surface area contributed by atoms with Crippen LogP contribution in [0.3, 0.4) is 0 Å². The average molecular weight is 309 g/mol. The molecule has 1 fully saturated rings. The Morgan fingerprint density at radius 3 is 2.50 bits per heavy atom. The number of aromatic hydroxyl groups is 1. The molecule has 22 heavy (non-hydrogen) atoms. The molecule has 0 bridgehead atoms. The van der Waals surface area contributed by atoms with Crippen LogP contribution in [-0.2, 0) is 6.54 Å². The van der Waals surface area contributed by atoms with Gasteiger partial charge in [0.25, 0.3) is 5.91 Å². The Bertz CT molecular complexity index is 595. The first-order chi connectivity index (χ1) is 10.5. The van der Waals surface area contributed by atoms with Crippen molar-refractivity contribution in [2.24, 2.45) is 11.8 Å². The van der Waals surface area contributed by atoms with E-state index in [0.29, 0.717) is 18.0 Å².